The van der Waals surface area contributed by atoms with Crippen molar-refractivity contribution in [1.29, 1.82) is 0 Å². The molecule has 0 N–H and O–H groups in total. The number of oxazole rings is 1. The molecule has 7 aromatic carbocycles. The van der Waals surface area contributed by atoms with Gasteiger partial charge in [-0.1, -0.05) is 178 Å². The first kappa shape index (κ1) is 50.5. The van der Waals surface area contributed by atoms with Crippen LogP contribution in [0.25, 0.3) is 33.7 Å². The smallest absolute Gasteiger partial charge is 0.252 e. The molecule has 0 saturated heterocycles. The van der Waals surface area contributed by atoms with Crippen molar-refractivity contribution in [2.75, 3.05) is 9.80 Å². The van der Waals surface area contributed by atoms with Crippen LogP contribution in [-0.2, 0) is 37.9 Å². The molecule has 0 unspecified atom stereocenters. The van der Waals surface area contributed by atoms with Crippen molar-refractivity contribution < 1.29 is 4.42 Å². The molecule has 388 valence electrons. The van der Waals surface area contributed by atoms with Crippen LogP contribution >= 0.6 is 0 Å². The molecule has 0 amide bonds. The lowest BCUT2D eigenvalue weighted by atomic mass is 9.33. The zero-order valence-corrected chi connectivity index (χ0v) is 48.8. The number of hydrogen-bond donors (Lipinski definition) is 0. The monoisotopic (exact) mass is 1000 g/mol. The highest BCUT2D eigenvalue weighted by molar-refractivity contribution is 7.00. The number of fused-ring (bicyclic) bond motifs is 7. The van der Waals surface area contributed by atoms with Gasteiger partial charge in [-0.3, -0.25) is 0 Å². The van der Waals surface area contributed by atoms with E-state index in [9.17, 15) is 0 Å². The molecule has 0 fully saturated rings. The first-order valence-electron chi connectivity index (χ1n) is 28.4. The second-order valence-electron chi connectivity index (χ2n) is 29.1. The lowest BCUT2D eigenvalue weighted by Gasteiger charge is -2.48. The van der Waals surface area contributed by atoms with Crippen molar-refractivity contribution in [2.45, 2.75) is 181 Å². The Hall–Kier alpha value is -6.33. The molecule has 0 bridgehead atoms. The van der Waals surface area contributed by atoms with Gasteiger partial charge >= 0.3 is 0 Å². The fourth-order valence-corrected chi connectivity index (χ4v) is 13.4. The summed E-state index contributed by atoms with van der Waals surface area (Å²) in [6.07, 6.45) is 4.65. The standard InChI is InChI=1S/C71H80BN3O/c1-65(2,3)46-24-22-44(23-25-46)43-18-20-45(21-19-43)64-73-57-41-56-59(42-62(57)76-64)74(49-28-26-47(27-29-49)66(4,5)6)60-36-48(67(7,8)9)37-61-63(60)72(56)55-39-53-54(71(16,17)35-34-70(53,14)15)40-58(55)75(61)50-30-31-51-52(38-50)69(12,13)33-32-68(51,10)11/h18-31,36-42H,32-35H2,1-17H3. The van der Waals surface area contributed by atoms with Gasteiger partial charge in [0, 0.05) is 45.8 Å². The average Bonchev–Trinajstić information content (AvgIpc) is 3.93. The highest BCUT2D eigenvalue weighted by atomic mass is 16.3. The summed E-state index contributed by atoms with van der Waals surface area (Å²) in [6.45, 7) is 40.5. The SMILES string of the molecule is CC(C)(C)c1ccc(-c2ccc(-c3nc4cc5c(cc4o3)N(c3ccc(C(C)(C)C)cc3)c3cc(C(C)(C)C)cc4c3B5c3cc5c(cc3N4c3ccc4c(c3)C(C)(C)CCC4(C)C)C(C)(C)CCC5(C)C)cc2)cc1. The molecule has 1 aromatic heterocycles. The summed E-state index contributed by atoms with van der Waals surface area (Å²) in [5.74, 6) is 0.632. The Morgan fingerprint density at radius 2 is 0.829 bits per heavy atom. The van der Waals surface area contributed by atoms with Crippen molar-refractivity contribution in [3.8, 4) is 22.6 Å². The quantitative estimate of drug-likeness (QED) is 0.165. The zero-order valence-electron chi connectivity index (χ0n) is 48.8. The van der Waals surface area contributed by atoms with Gasteiger partial charge in [0.25, 0.3) is 6.71 Å². The Bertz CT molecular complexity index is 3640. The first-order valence-corrected chi connectivity index (χ1v) is 28.4. The minimum Gasteiger partial charge on any atom is -0.436 e. The molecular formula is C71H80BN3O. The fraction of sp³-hybridized carbons (Fsp3) is 0.394. The fourth-order valence-electron chi connectivity index (χ4n) is 13.4. The second kappa shape index (κ2) is 16.6. The highest BCUT2D eigenvalue weighted by Crippen LogP contribution is 2.53. The van der Waals surface area contributed by atoms with Crippen LogP contribution in [0, 0.1) is 0 Å². The van der Waals surface area contributed by atoms with Gasteiger partial charge in [-0.05, 0) is 191 Å². The maximum absolute atomic E-state index is 6.94. The van der Waals surface area contributed by atoms with Crippen LogP contribution in [0.5, 0.6) is 0 Å². The van der Waals surface area contributed by atoms with Gasteiger partial charge in [0.1, 0.15) is 5.52 Å². The largest absolute Gasteiger partial charge is 0.436 e. The van der Waals surface area contributed by atoms with Gasteiger partial charge in [-0.15, -0.1) is 0 Å². The van der Waals surface area contributed by atoms with Gasteiger partial charge < -0.3 is 14.2 Å². The predicted molar refractivity (Wildman–Crippen MR) is 326 cm³/mol. The molecule has 8 aromatic rings. The van der Waals surface area contributed by atoms with E-state index in [0.717, 1.165) is 47.3 Å². The Balaban J connectivity index is 1.13. The summed E-state index contributed by atoms with van der Waals surface area (Å²) in [7, 11) is 0. The van der Waals surface area contributed by atoms with Crippen molar-refractivity contribution in [3.63, 3.8) is 0 Å². The molecule has 0 spiro atoms. The molecule has 2 aliphatic carbocycles. The van der Waals surface area contributed by atoms with Crippen LogP contribution in [0.3, 0.4) is 0 Å². The zero-order chi connectivity index (χ0) is 54.0. The Morgan fingerprint density at radius 3 is 1.37 bits per heavy atom. The van der Waals surface area contributed by atoms with E-state index in [1.165, 1.54) is 95.6 Å². The molecule has 4 aliphatic rings. The predicted octanol–water partition coefficient (Wildman–Crippen LogP) is 17.8. The Morgan fingerprint density at radius 1 is 0.408 bits per heavy atom. The number of hydrogen-bond acceptors (Lipinski definition) is 4. The minimum absolute atomic E-state index is 0.0105. The van der Waals surface area contributed by atoms with Crippen LogP contribution in [0.2, 0.25) is 0 Å². The average molecular weight is 1000 g/mol. The summed E-state index contributed by atoms with van der Waals surface area (Å²) in [4.78, 5) is 10.6. The van der Waals surface area contributed by atoms with Crippen LogP contribution < -0.4 is 26.2 Å². The summed E-state index contributed by atoms with van der Waals surface area (Å²) in [6, 6.07) is 49.7. The molecule has 0 atom stereocenters. The minimum atomic E-state index is -0.145. The lowest BCUT2D eigenvalue weighted by Crippen LogP contribution is -2.62. The summed E-state index contributed by atoms with van der Waals surface area (Å²) >= 11 is 0. The second-order valence-corrected chi connectivity index (χ2v) is 29.1. The molecule has 76 heavy (non-hydrogen) atoms. The molecule has 12 rings (SSSR count). The summed E-state index contributed by atoms with van der Waals surface area (Å²) in [5, 5.41) is 0. The third kappa shape index (κ3) is 8.10. The third-order valence-corrected chi connectivity index (χ3v) is 18.7. The van der Waals surface area contributed by atoms with E-state index < -0.39 is 0 Å². The number of rotatable bonds is 4. The first-order chi connectivity index (χ1) is 35.5. The maximum Gasteiger partial charge on any atom is 0.252 e. The Labute approximate surface area is 455 Å². The third-order valence-electron chi connectivity index (χ3n) is 18.7. The molecule has 4 nitrogen and oxygen atoms in total. The van der Waals surface area contributed by atoms with Gasteiger partial charge in [-0.2, -0.15) is 0 Å². The van der Waals surface area contributed by atoms with Crippen molar-refractivity contribution in [3.05, 3.63) is 166 Å². The van der Waals surface area contributed by atoms with E-state index in [2.05, 4.69) is 255 Å². The topological polar surface area (TPSA) is 32.5 Å². The highest BCUT2D eigenvalue weighted by Gasteiger charge is 2.48. The van der Waals surface area contributed by atoms with E-state index >= 15 is 0 Å². The molecule has 3 heterocycles. The lowest BCUT2D eigenvalue weighted by molar-refractivity contribution is 0.332. The molecule has 5 heteroatoms. The van der Waals surface area contributed by atoms with Crippen LogP contribution in [0.15, 0.2) is 132 Å². The van der Waals surface area contributed by atoms with Gasteiger partial charge in [0.05, 0.1) is 0 Å². The maximum atomic E-state index is 6.94. The number of benzene rings is 7. The summed E-state index contributed by atoms with van der Waals surface area (Å²) < 4.78 is 6.94. The molecule has 2 aliphatic heterocycles. The van der Waals surface area contributed by atoms with Crippen molar-refractivity contribution in [2.24, 2.45) is 0 Å². The van der Waals surface area contributed by atoms with Gasteiger partial charge in [-0.25, -0.2) is 4.98 Å². The van der Waals surface area contributed by atoms with Crippen molar-refractivity contribution in [1.82, 2.24) is 4.98 Å². The number of anilines is 6. The van der Waals surface area contributed by atoms with Crippen LogP contribution in [-0.4, -0.2) is 11.7 Å². The Kier molecular flexibility index (Phi) is 11.0. The van der Waals surface area contributed by atoms with E-state index in [1.807, 2.05) is 0 Å². The molecular weight excluding hydrogens is 922 g/mol. The van der Waals surface area contributed by atoms with E-state index in [1.54, 1.807) is 0 Å². The number of nitrogens with zero attached hydrogens (tertiary/aromatic N) is 3. The summed E-state index contributed by atoms with van der Waals surface area (Å²) in [5.41, 5.74) is 26.3. The molecule has 0 saturated carbocycles. The normalized spacial score (nSPS) is 17.9. The van der Waals surface area contributed by atoms with E-state index in [0.29, 0.717) is 5.89 Å². The van der Waals surface area contributed by atoms with Gasteiger partial charge in [0.2, 0.25) is 5.89 Å². The van der Waals surface area contributed by atoms with Crippen LogP contribution in [0.4, 0.5) is 34.1 Å². The van der Waals surface area contributed by atoms with Gasteiger partial charge in [0.15, 0.2) is 5.58 Å². The van der Waals surface area contributed by atoms with E-state index in [-0.39, 0.29) is 44.6 Å². The van der Waals surface area contributed by atoms with Crippen molar-refractivity contribution >= 4 is 68.3 Å². The molecule has 0 radical (unpaired) electrons. The number of aromatic nitrogens is 1. The van der Waals surface area contributed by atoms with E-state index in [4.69, 9.17) is 9.40 Å². The van der Waals surface area contributed by atoms with Crippen LogP contribution in [0.1, 0.15) is 182 Å².